The quantitative estimate of drug-likeness (QED) is 0.785. The maximum atomic E-state index is 4.17. The molecule has 16 heavy (non-hydrogen) atoms. The lowest BCUT2D eigenvalue weighted by Crippen LogP contribution is -2.15. The van der Waals surface area contributed by atoms with Crippen molar-refractivity contribution < 1.29 is 0 Å². The van der Waals surface area contributed by atoms with E-state index in [0.717, 1.165) is 6.54 Å². The molecule has 0 aliphatic heterocycles. The summed E-state index contributed by atoms with van der Waals surface area (Å²) in [4.78, 5) is 3.98. The zero-order chi connectivity index (χ0) is 11.4. The summed E-state index contributed by atoms with van der Waals surface area (Å²) in [5, 5.41) is 4.17. The molecule has 0 fully saturated rings. The largest absolute Gasteiger partial charge is 0.252 e. The predicted octanol–water partition coefficient (Wildman–Crippen LogP) is 2.72. The molecule has 0 aliphatic rings. The van der Waals surface area contributed by atoms with Crippen molar-refractivity contribution in [3.63, 3.8) is 0 Å². The second-order valence-electron chi connectivity index (χ2n) is 4.38. The summed E-state index contributed by atoms with van der Waals surface area (Å²) in [7, 11) is 0. The van der Waals surface area contributed by atoms with E-state index in [1.165, 1.54) is 5.56 Å². The Morgan fingerprint density at radius 1 is 1.19 bits per heavy atom. The van der Waals surface area contributed by atoms with E-state index in [-0.39, 0.29) is 0 Å². The van der Waals surface area contributed by atoms with Gasteiger partial charge >= 0.3 is 0 Å². The van der Waals surface area contributed by atoms with Crippen LogP contribution < -0.4 is 0 Å². The highest BCUT2D eigenvalue weighted by Crippen LogP contribution is 2.25. The van der Waals surface area contributed by atoms with Gasteiger partial charge in [0.15, 0.2) is 0 Å². The monoisotopic (exact) mass is 215 g/mol. The first-order valence-corrected chi connectivity index (χ1v) is 5.64. The van der Waals surface area contributed by atoms with Crippen LogP contribution in [0.25, 0.3) is 0 Å². The van der Waals surface area contributed by atoms with E-state index in [1.54, 1.807) is 12.7 Å². The summed E-state index contributed by atoms with van der Waals surface area (Å²) in [5.41, 5.74) is 1.37. The fourth-order valence-electron chi connectivity index (χ4n) is 1.93. The Bertz CT molecular complexity index is 406. The lowest BCUT2D eigenvalue weighted by molar-refractivity contribution is 0.414. The van der Waals surface area contributed by atoms with E-state index in [1.807, 2.05) is 4.68 Å². The van der Waals surface area contributed by atoms with Gasteiger partial charge in [-0.25, -0.2) is 4.98 Å². The van der Waals surface area contributed by atoms with Gasteiger partial charge in [0.05, 0.1) is 0 Å². The van der Waals surface area contributed by atoms with Crippen molar-refractivity contribution in [3.05, 3.63) is 48.5 Å². The predicted molar refractivity (Wildman–Crippen MR) is 64.0 cm³/mol. The van der Waals surface area contributed by atoms with Crippen molar-refractivity contribution in [2.45, 2.75) is 26.3 Å². The Labute approximate surface area is 96.1 Å². The van der Waals surface area contributed by atoms with Gasteiger partial charge in [0.1, 0.15) is 12.7 Å². The molecule has 1 unspecified atom stereocenters. The average Bonchev–Trinajstić information content (AvgIpc) is 2.79. The minimum atomic E-state index is 0.489. The van der Waals surface area contributed by atoms with Gasteiger partial charge in [-0.2, -0.15) is 5.10 Å². The van der Waals surface area contributed by atoms with Crippen molar-refractivity contribution in [2.24, 2.45) is 5.92 Å². The van der Waals surface area contributed by atoms with E-state index < -0.39 is 0 Å². The molecule has 3 heteroatoms. The standard InChI is InChI=1S/C13H17N3/c1-11(2)13(8-16-10-14-9-15-16)12-6-4-3-5-7-12/h3-7,9-11,13H,8H2,1-2H3. The number of nitrogens with zero attached hydrogens (tertiary/aromatic N) is 3. The molecule has 1 heterocycles. The smallest absolute Gasteiger partial charge is 0.137 e. The zero-order valence-corrected chi connectivity index (χ0v) is 9.74. The summed E-state index contributed by atoms with van der Waals surface area (Å²) < 4.78 is 1.90. The van der Waals surface area contributed by atoms with Crippen LogP contribution in [0.2, 0.25) is 0 Å². The molecule has 0 saturated carbocycles. The molecular formula is C13H17N3. The van der Waals surface area contributed by atoms with Crippen molar-refractivity contribution >= 4 is 0 Å². The lowest BCUT2D eigenvalue weighted by Gasteiger charge is -2.21. The van der Waals surface area contributed by atoms with E-state index in [2.05, 4.69) is 54.3 Å². The number of benzene rings is 1. The number of hydrogen-bond donors (Lipinski definition) is 0. The molecule has 1 aromatic heterocycles. The maximum absolute atomic E-state index is 4.17. The minimum Gasteiger partial charge on any atom is -0.252 e. The number of aromatic nitrogens is 3. The highest BCUT2D eigenvalue weighted by atomic mass is 15.3. The van der Waals surface area contributed by atoms with Crippen molar-refractivity contribution in [1.29, 1.82) is 0 Å². The molecule has 0 aliphatic carbocycles. The Balaban J connectivity index is 2.18. The summed E-state index contributed by atoms with van der Waals surface area (Å²) in [6.07, 6.45) is 3.36. The van der Waals surface area contributed by atoms with Crippen LogP contribution in [0.5, 0.6) is 0 Å². The second kappa shape index (κ2) is 4.92. The molecule has 0 spiro atoms. The zero-order valence-electron chi connectivity index (χ0n) is 9.74. The van der Waals surface area contributed by atoms with Crippen LogP contribution in [0.3, 0.4) is 0 Å². The first-order chi connectivity index (χ1) is 7.77. The van der Waals surface area contributed by atoms with Gasteiger partial charge in [-0.1, -0.05) is 44.2 Å². The van der Waals surface area contributed by atoms with Crippen LogP contribution in [-0.2, 0) is 6.54 Å². The van der Waals surface area contributed by atoms with Gasteiger partial charge in [-0.05, 0) is 11.5 Å². The first kappa shape index (κ1) is 10.9. The summed E-state index contributed by atoms with van der Waals surface area (Å²) in [6.45, 7) is 5.38. The van der Waals surface area contributed by atoms with E-state index >= 15 is 0 Å². The summed E-state index contributed by atoms with van der Waals surface area (Å²) in [6, 6.07) is 10.6. The van der Waals surface area contributed by atoms with Crippen LogP contribution in [0.1, 0.15) is 25.3 Å². The van der Waals surface area contributed by atoms with Crippen LogP contribution in [0.15, 0.2) is 43.0 Å². The molecule has 1 aromatic carbocycles. The average molecular weight is 215 g/mol. The fraction of sp³-hybridized carbons (Fsp3) is 0.385. The van der Waals surface area contributed by atoms with Gasteiger partial charge in [0, 0.05) is 12.5 Å². The SMILES string of the molecule is CC(C)C(Cn1cncn1)c1ccccc1. The van der Waals surface area contributed by atoms with Gasteiger partial charge in [-0.15, -0.1) is 0 Å². The molecule has 0 amide bonds. The molecule has 2 aromatic rings. The number of rotatable bonds is 4. The van der Waals surface area contributed by atoms with Gasteiger partial charge in [-0.3, -0.25) is 4.68 Å². The van der Waals surface area contributed by atoms with Gasteiger partial charge in [0.2, 0.25) is 0 Å². The number of hydrogen-bond acceptors (Lipinski definition) is 2. The first-order valence-electron chi connectivity index (χ1n) is 5.64. The molecule has 0 saturated heterocycles. The van der Waals surface area contributed by atoms with E-state index in [0.29, 0.717) is 11.8 Å². The van der Waals surface area contributed by atoms with E-state index in [9.17, 15) is 0 Å². The molecule has 84 valence electrons. The third-order valence-corrected chi connectivity index (χ3v) is 2.88. The topological polar surface area (TPSA) is 30.7 Å². The molecular weight excluding hydrogens is 198 g/mol. The Morgan fingerprint density at radius 3 is 2.50 bits per heavy atom. The lowest BCUT2D eigenvalue weighted by atomic mass is 9.88. The van der Waals surface area contributed by atoms with Crippen LogP contribution in [0.4, 0.5) is 0 Å². The second-order valence-corrected chi connectivity index (χ2v) is 4.38. The Hall–Kier alpha value is -1.64. The highest BCUT2D eigenvalue weighted by Gasteiger charge is 2.16. The van der Waals surface area contributed by atoms with E-state index in [4.69, 9.17) is 0 Å². The van der Waals surface area contributed by atoms with Crippen molar-refractivity contribution in [1.82, 2.24) is 14.8 Å². The molecule has 0 N–H and O–H groups in total. The third-order valence-electron chi connectivity index (χ3n) is 2.88. The molecule has 0 bridgehead atoms. The molecule has 3 nitrogen and oxygen atoms in total. The minimum absolute atomic E-state index is 0.489. The molecule has 2 rings (SSSR count). The fourth-order valence-corrected chi connectivity index (χ4v) is 1.93. The van der Waals surface area contributed by atoms with Gasteiger partial charge < -0.3 is 0 Å². The van der Waals surface area contributed by atoms with Crippen molar-refractivity contribution in [3.8, 4) is 0 Å². The van der Waals surface area contributed by atoms with Crippen LogP contribution in [-0.4, -0.2) is 14.8 Å². The van der Waals surface area contributed by atoms with Crippen molar-refractivity contribution in [2.75, 3.05) is 0 Å². The van der Waals surface area contributed by atoms with Crippen LogP contribution >= 0.6 is 0 Å². The highest BCUT2D eigenvalue weighted by molar-refractivity contribution is 5.19. The normalized spacial score (nSPS) is 12.9. The van der Waals surface area contributed by atoms with Crippen LogP contribution in [0, 0.1) is 5.92 Å². The molecule has 1 atom stereocenters. The Morgan fingerprint density at radius 2 is 1.94 bits per heavy atom. The maximum Gasteiger partial charge on any atom is 0.137 e. The summed E-state index contributed by atoms with van der Waals surface area (Å²) in [5.74, 6) is 1.08. The Kier molecular flexibility index (Phi) is 3.34. The summed E-state index contributed by atoms with van der Waals surface area (Å²) >= 11 is 0. The van der Waals surface area contributed by atoms with Gasteiger partial charge in [0.25, 0.3) is 0 Å². The third kappa shape index (κ3) is 2.48. The molecule has 0 radical (unpaired) electrons.